The Balaban J connectivity index is 1.31. The fraction of sp³-hybridized carbons (Fsp3) is 0.393. The Hall–Kier alpha value is -2.87. The highest BCUT2D eigenvalue weighted by Gasteiger charge is 2.26. The summed E-state index contributed by atoms with van der Waals surface area (Å²) in [6.45, 7) is 0.564. The topological polar surface area (TPSA) is 80.4 Å². The van der Waals surface area contributed by atoms with Crippen molar-refractivity contribution in [1.29, 1.82) is 0 Å². The number of halogens is 2. The molecule has 186 valence electrons. The van der Waals surface area contributed by atoms with Crippen molar-refractivity contribution in [3.05, 3.63) is 76.9 Å². The summed E-state index contributed by atoms with van der Waals surface area (Å²) < 4.78 is 32.3. The van der Waals surface area contributed by atoms with Gasteiger partial charge in [0.1, 0.15) is 11.6 Å². The third-order valence-electron chi connectivity index (χ3n) is 7.00. The quantitative estimate of drug-likeness (QED) is 0.411. The van der Waals surface area contributed by atoms with E-state index in [0.717, 1.165) is 59.8 Å². The Bertz CT molecular complexity index is 1180. The number of ether oxygens (including phenoxy) is 1. The fourth-order valence-electron chi connectivity index (χ4n) is 4.97. The lowest BCUT2D eigenvalue weighted by Crippen LogP contribution is -2.39. The predicted molar refractivity (Wildman–Crippen MR) is 135 cm³/mol. The molecule has 5 nitrogen and oxygen atoms in total. The number of methoxy groups -OCH3 is 1. The second kappa shape index (κ2) is 11.7. The van der Waals surface area contributed by atoms with Crippen molar-refractivity contribution in [3.63, 3.8) is 0 Å². The number of hydrogen-bond acceptors (Lipinski definition) is 5. The molecule has 0 amide bonds. The van der Waals surface area contributed by atoms with Crippen LogP contribution in [0.4, 0.5) is 8.78 Å². The van der Waals surface area contributed by atoms with Crippen LogP contribution < -0.4 is 15.8 Å². The zero-order valence-corrected chi connectivity index (χ0v) is 20.0. The second-order valence-corrected chi connectivity index (χ2v) is 9.25. The fourth-order valence-corrected chi connectivity index (χ4v) is 4.97. The Morgan fingerprint density at radius 3 is 2.63 bits per heavy atom. The first-order valence-corrected chi connectivity index (χ1v) is 12.2. The first-order valence-electron chi connectivity index (χ1n) is 12.2. The number of aromatic nitrogens is 1. The highest BCUT2D eigenvalue weighted by Crippen LogP contribution is 2.30. The van der Waals surface area contributed by atoms with Crippen LogP contribution >= 0.6 is 0 Å². The molecule has 0 aliphatic heterocycles. The minimum Gasteiger partial charge on any atom is -0.481 e. The molecule has 35 heavy (non-hydrogen) atoms. The number of rotatable bonds is 9. The third kappa shape index (κ3) is 6.23. The van der Waals surface area contributed by atoms with Crippen molar-refractivity contribution in [2.24, 2.45) is 11.7 Å². The Kier molecular flexibility index (Phi) is 8.44. The summed E-state index contributed by atoms with van der Waals surface area (Å²) in [4.78, 5) is 4.64. The lowest BCUT2D eigenvalue weighted by molar-refractivity contribution is 0.261. The maximum Gasteiger partial charge on any atom is 0.213 e. The number of nitrogens with one attached hydrogen (secondary N) is 1. The van der Waals surface area contributed by atoms with Crippen LogP contribution in [0.1, 0.15) is 42.4 Å². The Morgan fingerprint density at radius 1 is 1.11 bits per heavy atom. The normalized spacial score (nSPS) is 19.3. The SMILES string of the molecule is COc1ccc2c(CO)ccc(C[C@H](N)C3CCC(NCC=Cc4cc(F)ccc4F)CC3)c2n1. The minimum absolute atomic E-state index is 0.0166. The highest BCUT2D eigenvalue weighted by atomic mass is 19.1. The van der Waals surface area contributed by atoms with E-state index in [0.29, 0.717) is 30.8 Å². The molecule has 1 aliphatic rings. The molecule has 1 heterocycles. The standard InChI is InChI=1S/C28H33F2N3O2/c1-35-27-13-11-24-21(17-34)5-4-20(28(24)33-27)16-26(31)18-6-9-23(10-7-18)32-14-2-3-19-15-22(29)8-12-25(19)30/h2-5,8,11-13,15,18,23,26,32,34H,6-7,9-10,14,16-17,31H2,1H3/t18?,23?,26-/m0/s1. The number of benzene rings is 2. The van der Waals surface area contributed by atoms with E-state index in [4.69, 9.17) is 10.5 Å². The number of pyridine rings is 1. The van der Waals surface area contributed by atoms with Gasteiger partial charge in [0.05, 0.1) is 19.2 Å². The van der Waals surface area contributed by atoms with Crippen molar-refractivity contribution >= 4 is 17.0 Å². The van der Waals surface area contributed by atoms with E-state index in [1.807, 2.05) is 30.3 Å². The van der Waals surface area contributed by atoms with Gasteiger partial charge in [0.15, 0.2) is 0 Å². The molecule has 4 rings (SSSR count). The van der Waals surface area contributed by atoms with Crippen molar-refractivity contribution in [1.82, 2.24) is 10.3 Å². The molecule has 1 aromatic heterocycles. The second-order valence-electron chi connectivity index (χ2n) is 9.25. The number of hydrogen-bond donors (Lipinski definition) is 3. The Morgan fingerprint density at radius 2 is 1.89 bits per heavy atom. The molecule has 0 saturated heterocycles. The van der Waals surface area contributed by atoms with Gasteiger partial charge in [-0.2, -0.15) is 0 Å². The van der Waals surface area contributed by atoms with Gasteiger partial charge in [-0.1, -0.05) is 24.3 Å². The van der Waals surface area contributed by atoms with Crippen LogP contribution in [0.25, 0.3) is 17.0 Å². The molecule has 0 bridgehead atoms. The van der Waals surface area contributed by atoms with Crippen LogP contribution in [0.5, 0.6) is 5.88 Å². The predicted octanol–water partition coefficient (Wildman–Crippen LogP) is 4.75. The number of aliphatic hydroxyl groups is 1. The van der Waals surface area contributed by atoms with Crippen molar-refractivity contribution < 1.29 is 18.6 Å². The Labute approximate surface area is 205 Å². The molecule has 0 spiro atoms. The van der Waals surface area contributed by atoms with Gasteiger partial charge in [-0.25, -0.2) is 13.8 Å². The molecule has 0 radical (unpaired) electrons. The smallest absolute Gasteiger partial charge is 0.213 e. The molecule has 4 N–H and O–H groups in total. The van der Waals surface area contributed by atoms with Gasteiger partial charge in [0, 0.05) is 35.6 Å². The summed E-state index contributed by atoms with van der Waals surface area (Å²) in [7, 11) is 1.59. The number of fused-ring (bicyclic) bond motifs is 1. The maximum absolute atomic E-state index is 13.7. The van der Waals surface area contributed by atoms with Crippen LogP contribution in [-0.2, 0) is 13.0 Å². The van der Waals surface area contributed by atoms with Gasteiger partial charge in [-0.05, 0) is 73.4 Å². The van der Waals surface area contributed by atoms with E-state index in [1.54, 1.807) is 13.2 Å². The van der Waals surface area contributed by atoms with Crippen molar-refractivity contribution in [2.75, 3.05) is 13.7 Å². The molecular formula is C28H33F2N3O2. The molecule has 0 unspecified atom stereocenters. The zero-order valence-electron chi connectivity index (χ0n) is 20.0. The lowest BCUT2D eigenvalue weighted by atomic mass is 9.79. The van der Waals surface area contributed by atoms with E-state index < -0.39 is 11.6 Å². The zero-order chi connectivity index (χ0) is 24.8. The van der Waals surface area contributed by atoms with Crippen LogP contribution in [0.2, 0.25) is 0 Å². The van der Waals surface area contributed by atoms with Crippen LogP contribution in [0.15, 0.2) is 48.5 Å². The first kappa shape index (κ1) is 25.2. The van der Waals surface area contributed by atoms with Gasteiger partial charge >= 0.3 is 0 Å². The molecule has 2 aromatic carbocycles. The first-order chi connectivity index (χ1) is 17.0. The highest BCUT2D eigenvalue weighted by molar-refractivity contribution is 5.85. The summed E-state index contributed by atoms with van der Waals surface area (Å²) in [5.74, 6) is 0.0943. The summed E-state index contributed by atoms with van der Waals surface area (Å²) in [6, 6.07) is 11.6. The van der Waals surface area contributed by atoms with Gasteiger partial charge in [-0.15, -0.1) is 0 Å². The van der Waals surface area contributed by atoms with E-state index in [-0.39, 0.29) is 18.2 Å². The lowest BCUT2D eigenvalue weighted by Gasteiger charge is -2.32. The molecule has 3 aromatic rings. The number of nitrogens with two attached hydrogens (primary N) is 1. The number of aliphatic hydroxyl groups excluding tert-OH is 1. The minimum atomic E-state index is -0.444. The van der Waals surface area contributed by atoms with E-state index in [9.17, 15) is 13.9 Å². The molecule has 1 atom stereocenters. The van der Waals surface area contributed by atoms with Crippen LogP contribution in [-0.4, -0.2) is 35.8 Å². The average Bonchev–Trinajstić information content (AvgIpc) is 2.88. The van der Waals surface area contributed by atoms with Gasteiger partial charge in [0.2, 0.25) is 5.88 Å². The van der Waals surface area contributed by atoms with E-state index in [2.05, 4.69) is 10.3 Å². The summed E-state index contributed by atoms with van der Waals surface area (Å²) >= 11 is 0. The molecular weight excluding hydrogens is 448 g/mol. The number of nitrogens with zero attached hydrogens (tertiary/aromatic N) is 1. The van der Waals surface area contributed by atoms with Gasteiger partial charge in [-0.3, -0.25) is 0 Å². The maximum atomic E-state index is 13.7. The van der Waals surface area contributed by atoms with Gasteiger partial charge in [0.25, 0.3) is 0 Å². The van der Waals surface area contributed by atoms with Crippen molar-refractivity contribution in [3.8, 4) is 5.88 Å². The van der Waals surface area contributed by atoms with E-state index >= 15 is 0 Å². The average molecular weight is 482 g/mol. The van der Waals surface area contributed by atoms with E-state index in [1.165, 1.54) is 6.07 Å². The van der Waals surface area contributed by atoms with Crippen molar-refractivity contribution in [2.45, 2.75) is 50.8 Å². The van der Waals surface area contributed by atoms with Crippen LogP contribution in [0.3, 0.4) is 0 Å². The summed E-state index contributed by atoms with van der Waals surface area (Å²) in [5, 5.41) is 14.1. The monoisotopic (exact) mass is 481 g/mol. The third-order valence-corrected chi connectivity index (χ3v) is 7.00. The summed E-state index contributed by atoms with van der Waals surface area (Å²) in [5.41, 5.74) is 9.67. The van der Waals surface area contributed by atoms with Gasteiger partial charge < -0.3 is 20.9 Å². The molecule has 1 aliphatic carbocycles. The molecule has 7 heteroatoms. The van der Waals surface area contributed by atoms with Crippen LogP contribution in [0, 0.1) is 17.6 Å². The molecule has 1 fully saturated rings. The summed E-state index contributed by atoms with van der Waals surface area (Å²) in [6.07, 6.45) is 8.27. The largest absolute Gasteiger partial charge is 0.481 e. The molecule has 1 saturated carbocycles.